The molecule has 2 aliphatic heterocycles. The average Bonchev–Trinajstić information content (AvgIpc) is 3.29. The standard InChI is InChI=1S/C23H24Cl3N3O2/c24-17-8-9-18(25)20(26)19(17)23(31)29-12-15-11-28(21(22(27)30)16(15)13-29)10-4-7-14-5-2-1-3-6-14/h1-3,5-6,8-9,15-16,21H,4,7,10-13H2,(H2,27,30)/t15?,16-,21?/m1/s1. The molecule has 2 aliphatic rings. The monoisotopic (exact) mass is 479 g/mol. The molecule has 164 valence electrons. The van der Waals surface area contributed by atoms with Gasteiger partial charge in [-0.15, -0.1) is 0 Å². The van der Waals surface area contributed by atoms with Gasteiger partial charge in [-0.25, -0.2) is 0 Å². The zero-order chi connectivity index (χ0) is 22.1. The van der Waals surface area contributed by atoms with Gasteiger partial charge in [0, 0.05) is 25.6 Å². The summed E-state index contributed by atoms with van der Waals surface area (Å²) in [5.74, 6) is -0.393. The Morgan fingerprint density at radius 2 is 1.68 bits per heavy atom. The molecule has 2 saturated heterocycles. The highest BCUT2D eigenvalue weighted by Crippen LogP contribution is 2.39. The van der Waals surface area contributed by atoms with Crippen molar-refractivity contribution < 1.29 is 9.59 Å². The second kappa shape index (κ2) is 9.37. The van der Waals surface area contributed by atoms with Crippen LogP contribution in [0.2, 0.25) is 15.1 Å². The van der Waals surface area contributed by atoms with Gasteiger partial charge < -0.3 is 10.6 Å². The summed E-state index contributed by atoms with van der Waals surface area (Å²) >= 11 is 18.6. The van der Waals surface area contributed by atoms with E-state index in [2.05, 4.69) is 17.0 Å². The van der Waals surface area contributed by atoms with E-state index in [9.17, 15) is 9.59 Å². The van der Waals surface area contributed by atoms with Crippen molar-refractivity contribution in [1.82, 2.24) is 9.80 Å². The van der Waals surface area contributed by atoms with Crippen molar-refractivity contribution in [2.24, 2.45) is 17.6 Å². The first-order valence-corrected chi connectivity index (χ1v) is 11.5. The van der Waals surface area contributed by atoms with Crippen LogP contribution in [0.1, 0.15) is 22.3 Å². The summed E-state index contributed by atoms with van der Waals surface area (Å²) in [5, 5.41) is 0.712. The zero-order valence-corrected chi connectivity index (χ0v) is 19.2. The van der Waals surface area contributed by atoms with E-state index >= 15 is 0 Å². The smallest absolute Gasteiger partial charge is 0.256 e. The van der Waals surface area contributed by atoms with E-state index in [1.165, 1.54) is 5.56 Å². The number of hydrogen-bond acceptors (Lipinski definition) is 3. The van der Waals surface area contributed by atoms with E-state index in [1.54, 1.807) is 17.0 Å². The van der Waals surface area contributed by atoms with Crippen molar-refractivity contribution in [3.05, 3.63) is 68.7 Å². The first kappa shape index (κ1) is 22.4. The van der Waals surface area contributed by atoms with Gasteiger partial charge >= 0.3 is 0 Å². The first-order valence-electron chi connectivity index (χ1n) is 10.4. The van der Waals surface area contributed by atoms with Gasteiger partial charge in [-0.3, -0.25) is 14.5 Å². The number of nitrogens with zero attached hydrogens (tertiary/aromatic N) is 2. The van der Waals surface area contributed by atoms with Gasteiger partial charge in [0.25, 0.3) is 5.91 Å². The molecule has 2 unspecified atom stereocenters. The summed E-state index contributed by atoms with van der Waals surface area (Å²) in [5.41, 5.74) is 7.28. The van der Waals surface area contributed by atoms with Gasteiger partial charge in [-0.1, -0.05) is 65.1 Å². The molecule has 3 atom stereocenters. The maximum absolute atomic E-state index is 13.1. The lowest BCUT2D eigenvalue weighted by Gasteiger charge is -2.27. The van der Waals surface area contributed by atoms with Crippen LogP contribution in [0.3, 0.4) is 0 Å². The summed E-state index contributed by atoms with van der Waals surface area (Å²) in [6.07, 6.45) is 1.90. The molecule has 8 heteroatoms. The Kier molecular flexibility index (Phi) is 6.77. The van der Waals surface area contributed by atoms with Crippen molar-refractivity contribution in [2.75, 3.05) is 26.2 Å². The third-order valence-electron chi connectivity index (χ3n) is 6.35. The molecule has 0 spiro atoms. The molecule has 0 aliphatic carbocycles. The second-order valence-corrected chi connectivity index (χ2v) is 9.48. The lowest BCUT2D eigenvalue weighted by atomic mass is 9.94. The maximum Gasteiger partial charge on any atom is 0.256 e. The number of amides is 2. The highest BCUT2D eigenvalue weighted by atomic mass is 35.5. The van der Waals surface area contributed by atoms with Gasteiger partial charge in [-0.2, -0.15) is 0 Å². The van der Waals surface area contributed by atoms with Crippen LogP contribution < -0.4 is 5.73 Å². The Morgan fingerprint density at radius 3 is 2.39 bits per heavy atom. The van der Waals surface area contributed by atoms with Gasteiger partial charge in [-0.05, 0) is 43.0 Å². The minimum atomic E-state index is -0.371. The molecule has 0 saturated carbocycles. The molecule has 2 aromatic carbocycles. The van der Waals surface area contributed by atoms with Crippen molar-refractivity contribution >= 4 is 46.6 Å². The molecule has 2 aromatic rings. The summed E-state index contributed by atoms with van der Waals surface area (Å²) in [6, 6.07) is 13.1. The average molecular weight is 481 g/mol. The molecule has 5 nitrogen and oxygen atoms in total. The number of primary amides is 1. The number of halogens is 3. The predicted octanol–water partition coefficient (Wildman–Crippen LogP) is 4.14. The lowest BCUT2D eigenvalue weighted by molar-refractivity contribution is -0.123. The number of nitrogens with two attached hydrogens (primary N) is 1. The van der Waals surface area contributed by atoms with Gasteiger partial charge in [0.15, 0.2) is 0 Å². The van der Waals surface area contributed by atoms with Crippen LogP contribution in [0.25, 0.3) is 0 Å². The van der Waals surface area contributed by atoms with Crippen LogP contribution in [0.4, 0.5) is 0 Å². The van der Waals surface area contributed by atoms with E-state index in [0.29, 0.717) is 13.1 Å². The fourth-order valence-electron chi connectivity index (χ4n) is 4.93. The maximum atomic E-state index is 13.1. The molecule has 4 rings (SSSR count). The van der Waals surface area contributed by atoms with Gasteiger partial charge in [0.05, 0.1) is 26.7 Å². The van der Waals surface area contributed by atoms with Crippen LogP contribution in [-0.4, -0.2) is 53.8 Å². The predicted molar refractivity (Wildman–Crippen MR) is 124 cm³/mol. The van der Waals surface area contributed by atoms with Crippen molar-refractivity contribution in [3.63, 3.8) is 0 Å². The molecule has 31 heavy (non-hydrogen) atoms. The van der Waals surface area contributed by atoms with Crippen LogP contribution >= 0.6 is 34.8 Å². The van der Waals surface area contributed by atoms with Crippen LogP contribution in [-0.2, 0) is 11.2 Å². The molecule has 2 amide bonds. The van der Waals surface area contributed by atoms with E-state index in [0.717, 1.165) is 25.9 Å². The molecule has 2 N–H and O–H groups in total. The zero-order valence-electron chi connectivity index (χ0n) is 16.9. The number of benzene rings is 2. The summed E-state index contributed by atoms with van der Waals surface area (Å²) < 4.78 is 0. The third kappa shape index (κ3) is 4.56. The Hall–Kier alpha value is -1.79. The van der Waals surface area contributed by atoms with E-state index in [4.69, 9.17) is 40.5 Å². The van der Waals surface area contributed by atoms with Crippen molar-refractivity contribution in [1.29, 1.82) is 0 Å². The normalized spacial score (nSPS) is 23.2. The Bertz CT molecular complexity index is 986. The largest absolute Gasteiger partial charge is 0.368 e. The number of fused-ring (bicyclic) bond motifs is 1. The Balaban J connectivity index is 1.43. The fourth-order valence-corrected chi connectivity index (χ4v) is 5.62. The molecule has 2 fully saturated rings. The molecular weight excluding hydrogens is 457 g/mol. The number of carbonyl (C=O) groups excluding carboxylic acids is 2. The summed E-state index contributed by atoms with van der Waals surface area (Å²) in [6.45, 7) is 2.54. The Morgan fingerprint density at radius 1 is 0.968 bits per heavy atom. The molecule has 2 heterocycles. The number of hydrogen-bond donors (Lipinski definition) is 1. The SMILES string of the molecule is NC(=O)C1[C@@H]2CN(C(=O)c3c(Cl)ccc(Cl)c3Cl)CC2CN1CCCc1ccccc1. The number of rotatable bonds is 6. The number of aryl methyl sites for hydroxylation is 1. The van der Waals surface area contributed by atoms with Crippen LogP contribution in [0.5, 0.6) is 0 Å². The van der Waals surface area contributed by atoms with E-state index in [1.807, 2.05) is 18.2 Å². The topological polar surface area (TPSA) is 66.6 Å². The van der Waals surface area contributed by atoms with E-state index < -0.39 is 0 Å². The van der Waals surface area contributed by atoms with Crippen LogP contribution in [0.15, 0.2) is 42.5 Å². The van der Waals surface area contributed by atoms with Gasteiger partial charge in [0.1, 0.15) is 0 Å². The minimum Gasteiger partial charge on any atom is -0.368 e. The van der Waals surface area contributed by atoms with Crippen LogP contribution in [0, 0.1) is 11.8 Å². The Labute approximate surface area is 197 Å². The number of likely N-dealkylation sites (tertiary alicyclic amines) is 2. The second-order valence-electron chi connectivity index (χ2n) is 8.28. The lowest BCUT2D eigenvalue weighted by Crippen LogP contribution is -2.46. The van der Waals surface area contributed by atoms with E-state index in [-0.39, 0.29) is 50.3 Å². The first-order chi connectivity index (χ1) is 14.9. The third-order valence-corrected chi connectivity index (χ3v) is 7.47. The molecule has 0 radical (unpaired) electrons. The quantitative estimate of drug-likeness (QED) is 0.632. The number of carbonyl (C=O) groups is 2. The fraction of sp³-hybridized carbons (Fsp3) is 0.391. The van der Waals surface area contributed by atoms with Crippen molar-refractivity contribution in [3.8, 4) is 0 Å². The molecule has 0 bridgehead atoms. The summed E-state index contributed by atoms with van der Waals surface area (Å²) in [4.78, 5) is 29.3. The summed E-state index contributed by atoms with van der Waals surface area (Å²) in [7, 11) is 0. The molecule has 0 aromatic heterocycles. The highest BCUT2D eigenvalue weighted by molar-refractivity contribution is 6.46. The van der Waals surface area contributed by atoms with Gasteiger partial charge in [0.2, 0.25) is 5.91 Å². The van der Waals surface area contributed by atoms with Crippen molar-refractivity contribution in [2.45, 2.75) is 18.9 Å². The minimum absolute atomic E-state index is 0.00918. The highest BCUT2D eigenvalue weighted by Gasteiger charge is 2.50. The molecular formula is C23H24Cl3N3O2.